The third-order valence-corrected chi connectivity index (χ3v) is 7.04. The Morgan fingerprint density at radius 3 is 1.86 bits per heavy atom. The fourth-order valence-corrected chi connectivity index (χ4v) is 5.29. The smallest absolute Gasteiger partial charge is 0.185 e. The highest BCUT2D eigenvalue weighted by molar-refractivity contribution is 7.58. The average molecular weight is 320 g/mol. The van der Waals surface area contributed by atoms with E-state index in [0.717, 1.165) is 26.2 Å². The van der Waals surface area contributed by atoms with Crippen molar-refractivity contribution in [1.29, 1.82) is 0 Å². The Hall–Kier alpha value is 0.0300. The summed E-state index contributed by atoms with van der Waals surface area (Å²) in [6.45, 7) is 7.27. The van der Waals surface area contributed by atoms with Crippen LogP contribution < -0.4 is 10.7 Å². The molecular formula is C14H37N6P. The van der Waals surface area contributed by atoms with E-state index in [9.17, 15) is 0 Å². The highest BCUT2D eigenvalue weighted by atomic mass is 31.2. The average Bonchev–Trinajstić information content (AvgIpc) is 2.42. The first-order valence-corrected chi connectivity index (χ1v) is 9.65. The summed E-state index contributed by atoms with van der Waals surface area (Å²) < 4.78 is 6.82. The van der Waals surface area contributed by atoms with E-state index in [0.29, 0.717) is 0 Å². The fraction of sp³-hybridized carbons (Fsp3) is 1.00. The van der Waals surface area contributed by atoms with Gasteiger partial charge in [0.15, 0.2) is 7.51 Å². The van der Waals surface area contributed by atoms with Crippen LogP contribution >= 0.6 is 7.51 Å². The summed E-state index contributed by atoms with van der Waals surface area (Å²) in [6, 6.07) is 0. The minimum absolute atomic E-state index is 0.850. The lowest BCUT2D eigenvalue weighted by Gasteiger charge is -2.42. The van der Waals surface area contributed by atoms with Gasteiger partial charge in [0.05, 0.1) is 6.67 Å². The molecule has 0 heterocycles. The van der Waals surface area contributed by atoms with Gasteiger partial charge in [-0.3, -0.25) is 9.34 Å². The molecule has 0 fully saturated rings. The van der Waals surface area contributed by atoms with Gasteiger partial charge in [0.1, 0.15) is 0 Å². The van der Waals surface area contributed by atoms with Crippen molar-refractivity contribution in [2.24, 2.45) is 4.85 Å². The molecule has 21 heavy (non-hydrogen) atoms. The fourth-order valence-electron chi connectivity index (χ4n) is 2.26. The number of unbranched alkanes of at least 4 members (excludes halogenated alkanes) is 2. The number of hydrogen-bond donors (Lipinski definition) is 2. The molecule has 0 aliphatic rings. The molecule has 0 amide bonds. The maximum absolute atomic E-state index is 4.89. The van der Waals surface area contributed by atoms with Crippen molar-refractivity contribution in [3.05, 3.63) is 0 Å². The van der Waals surface area contributed by atoms with Gasteiger partial charge in [0, 0.05) is 6.54 Å². The number of nitrogens with zero attached hydrogens (tertiary/aromatic N) is 4. The van der Waals surface area contributed by atoms with E-state index in [4.69, 9.17) is 4.85 Å². The monoisotopic (exact) mass is 320 g/mol. The predicted octanol–water partition coefficient (Wildman–Crippen LogP) is 2.64. The van der Waals surface area contributed by atoms with Gasteiger partial charge in [-0.15, -0.1) is 0 Å². The van der Waals surface area contributed by atoms with Crippen LogP contribution in [0.15, 0.2) is 4.85 Å². The maximum atomic E-state index is 4.89. The molecule has 0 saturated heterocycles. The number of nitrogens with one attached hydrogen (secondary N) is 2. The van der Waals surface area contributed by atoms with Crippen molar-refractivity contribution >= 4 is 7.51 Å². The van der Waals surface area contributed by atoms with E-state index >= 15 is 0 Å². The zero-order chi connectivity index (χ0) is 16.3. The molecule has 0 bridgehead atoms. The second kappa shape index (κ2) is 11.6. The molecule has 0 aromatic carbocycles. The highest BCUT2D eigenvalue weighted by Gasteiger charge is 2.30. The zero-order valence-electron chi connectivity index (χ0n) is 15.2. The third-order valence-electron chi connectivity index (χ3n) is 3.43. The second-order valence-electron chi connectivity index (χ2n) is 5.76. The first-order valence-electron chi connectivity index (χ1n) is 8.05. The van der Waals surface area contributed by atoms with Gasteiger partial charge in [0.25, 0.3) is 0 Å². The molecule has 0 aliphatic heterocycles. The van der Waals surface area contributed by atoms with Crippen molar-refractivity contribution in [1.82, 2.24) is 24.8 Å². The lowest BCUT2D eigenvalue weighted by molar-refractivity contribution is 0.395. The minimum atomic E-state index is -1.87. The predicted molar refractivity (Wildman–Crippen MR) is 95.2 cm³/mol. The highest BCUT2D eigenvalue weighted by Crippen LogP contribution is 2.54. The molecule has 0 spiro atoms. The lowest BCUT2D eigenvalue weighted by Crippen LogP contribution is -2.39. The van der Waals surface area contributed by atoms with Gasteiger partial charge in [-0.25, -0.2) is 10.1 Å². The van der Waals surface area contributed by atoms with Crippen molar-refractivity contribution < 1.29 is 0 Å². The molecule has 0 unspecified atom stereocenters. The van der Waals surface area contributed by atoms with E-state index in [1.54, 1.807) is 0 Å². The topological polar surface area (TPSA) is 46.1 Å². The first kappa shape index (κ1) is 21.0. The zero-order valence-corrected chi connectivity index (χ0v) is 16.1. The Kier molecular flexibility index (Phi) is 11.6. The van der Waals surface area contributed by atoms with E-state index in [2.05, 4.69) is 73.8 Å². The standard InChI is InChI=1S/C14H37N6P/c1-8-10-12-15-14-20(7)21(18(3)4,19(5)6)17-16-13-11-9-2/h15-16H,8-14H2,1-7H3. The van der Waals surface area contributed by atoms with Gasteiger partial charge in [-0.05, 0) is 54.6 Å². The molecule has 0 aliphatic carbocycles. The SMILES string of the molecule is CCCCNCN(C)P(=NNCCCC)(N(C)C)N(C)C. The van der Waals surface area contributed by atoms with Crippen LogP contribution in [0.5, 0.6) is 0 Å². The molecule has 128 valence electrons. The van der Waals surface area contributed by atoms with Crippen molar-refractivity contribution in [2.75, 3.05) is 55.0 Å². The van der Waals surface area contributed by atoms with Crippen LogP contribution in [0.25, 0.3) is 0 Å². The third kappa shape index (κ3) is 6.76. The summed E-state index contributed by atoms with van der Waals surface area (Å²) in [5, 5.41) is 3.52. The molecule has 0 aromatic rings. The summed E-state index contributed by atoms with van der Waals surface area (Å²) in [5.41, 5.74) is 3.29. The van der Waals surface area contributed by atoms with Gasteiger partial charge in [0.2, 0.25) is 0 Å². The molecule has 2 N–H and O–H groups in total. The quantitative estimate of drug-likeness (QED) is 0.250. The molecule has 0 atom stereocenters. The summed E-state index contributed by atoms with van der Waals surface area (Å²) in [7, 11) is 8.73. The van der Waals surface area contributed by atoms with Gasteiger partial charge < -0.3 is 5.32 Å². The van der Waals surface area contributed by atoms with E-state index < -0.39 is 7.51 Å². The normalized spacial score (nSPS) is 12.7. The Morgan fingerprint density at radius 1 is 0.857 bits per heavy atom. The summed E-state index contributed by atoms with van der Waals surface area (Å²) in [4.78, 5) is 4.89. The first-order chi connectivity index (χ1) is 9.93. The summed E-state index contributed by atoms with van der Waals surface area (Å²) in [6.07, 6.45) is 4.78. The molecule has 0 rings (SSSR count). The Labute approximate surface area is 132 Å². The van der Waals surface area contributed by atoms with Crippen molar-refractivity contribution in [3.63, 3.8) is 0 Å². The second-order valence-corrected chi connectivity index (χ2v) is 9.32. The van der Waals surface area contributed by atoms with Crippen LogP contribution in [0.3, 0.4) is 0 Å². The largest absolute Gasteiger partial charge is 0.304 e. The Balaban J connectivity index is 4.92. The minimum Gasteiger partial charge on any atom is -0.304 e. The molecule has 0 aromatic heterocycles. The molecule has 6 nitrogen and oxygen atoms in total. The van der Waals surface area contributed by atoms with Crippen LogP contribution in [-0.2, 0) is 0 Å². The van der Waals surface area contributed by atoms with Crippen LogP contribution in [0.2, 0.25) is 0 Å². The van der Waals surface area contributed by atoms with Crippen molar-refractivity contribution in [2.45, 2.75) is 39.5 Å². The molecule has 7 heteroatoms. The summed E-state index contributed by atoms with van der Waals surface area (Å²) >= 11 is 0. The molecular weight excluding hydrogens is 283 g/mol. The van der Waals surface area contributed by atoms with E-state index in [-0.39, 0.29) is 0 Å². The van der Waals surface area contributed by atoms with Crippen LogP contribution in [-0.4, -0.2) is 69.0 Å². The molecule has 0 saturated carbocycles. The number of rotatable bonds is 12. The molecule has 0 radical (unpaired) electrons. The lowest BCUT2D eigenvalue weighted by atomic mass is 10.3. The summed E-state index contributed by atoms with van der Waals surface area (Å²) in [5.74, 6) is 0. The van der Waals surface area contributed by atoms with Crippen LogP contribution in [0.4, 0.5) is 0 Å². The van der Waals surface area contributed by atoms with Crippen LogP contribution in [0.1, 0.15) is 39.5 Å². The van der Waals surface area contributed by atoms with Gasteiger partial charge >= 0.3 is 0 Å². The Bertz CT molecular complexity index is 294. The van der Waals surface area contributed by atoms with Gasteiger partial charge in [-0.1, -0.05) is 26.7 Å². The van der Waals surface area contributed by atoms with Crippen molar-refractivity contribution in [3.8, 4) is 0 Å². The number of hydrogen-bond acceptors (Lipinski definition) is 2. The van der Waals surface area contributed by atoms with E-state index in [1.807, 2.05) is 0 Å². The maximum Gasteiger partial charge on any atom is 0.185 e. The van der Waals surface area contributed by atoms with Gasteiger partial charge in [-0.2, -0.15) is 4.85 Å². The Morgan fingerprint density at radius 2 is 1.38 bits per heavy atom. The van der Waals surface area contributed by atoms with Crippen LogP contribution in [0, 0.1) is 0 Å². The van der Waals surface area contributed by atoms with E-state index in [1.165, 1.54) is 19.3 Å².